The van der Waals surface area contributed by atoms with Gasteiger partial charge in [0.05, 0.1) is 7.11 Å². The average molecular weight is 236 g/mol. The van der Waals surface area contributed by atoms with Gasteiger partial charge in [-0.3, -0.25) is 0 Å². The third-order valence-corrected chi connectivity index (χ3v) is 1.67. The van der Waals surface area contributed by atoms with Gasteiger partial charge < -0.3 is 19.5 Å². The Bertz CT molecular complexity index is 367. The second-order valence-electron chi connectivity index (χ2n) is 2.86. The molecular weight excluding hydrogens is 228 g/mol. The number of alkyl halides is 3. The van der Waals surface area contributed by atoms with Crippen molar-refractivity contribution in [3.63, 3.8) is 0 Å². The fourth-order valence-electron chi connectivity index (χ4n) is 1.05. The Kier molecular flexibility index (Phi) is 3.66. The molecule has 0 heterocycles. The van der Waals surface area contributed by atoms with Crippen LogP contribution in [0.1, 0.15) is 0 Å². The van der Waals surface area contributed by atoms with Crippen molar-refractivity contribution < 1.29 is 32.7 Å². The average Bonchev–Trinajstić information content (AvgIpc) is 2.14. The van der Waals surface area contributed by atoms with Crippen LogP contribution in [0.3, 0.4) is 0 Å². The van der Waals surface area contributed by atoms with E-state index < -0.39 is 19.2 Å². The van der Waals surface area contributed by atoms with Crippen LogP contribution in [0.4, 0.5) is 13.2 Å². The molecule has 0 aliphatic carbocycles. The molecule has 0 atom stereocenters. The fraction of sp³-hybridized carbons (Fsp3) is 0.250. The molecule has 0 spiro atoms. The quantitative estimate of drug-likeness (QED) is 0.739. The van der Waals surface area contributed by atoms with Crippen molar-refractivity contribution in [3.05, 3.63) is 18.2 Å². The van der Waals surface area contributed by atoms with E-state index in [1.807, 2.05) is 0 Å². The van der Waals surface area contributed by atoms with Crippen LogP contribution in [0.5, 0.6) is 11.5 Å². The van der Waals surface area contributed by atoms with Crippen molar-refractivity contribution in [2.75, 3.05) is 7.11 Å². The molecule has 0 radical (unpaired) electrons. The number of hydrogen-bond acceptors (Lipinski definition) is 4. The maximum absolute atomic E-state index is 11.9. The lowest BCUT2D eigenvalue weighted by atomic mass is 9.80. The number of rotatable bonds is 3. The molecule has 0 aliphatic heterocycles. The number of hydrogen-bond donors (Lipinski definition) is 2. The van der Waals surface area contributed by atoms with Crippen LogP contribution < -0.4 is 14.9 Å². The molecule has 0 fully saturated rings. The highest BCUT2D eigenvalue weighted by atomic mass is 19.4. The molecule has 0 amide bonds. The van der Waals surface area contributed by atoms with Crippen molar-refractivity contribution in [2.45, 2.75) is 6.36 Å². The molecular formula is C8H8BF3O4. The molecule has 0 bridgehead atoms. The second kappa shape index (κ2) is 4.62. The Balaban J connectivity index is 3.04. The van der Waals surface area contributed by atoms with Crippen LogP contribution in [0, 0.1) is 0 Å². The van der Waals surface area contributed by atoms with Gasteiger partial charge in [-0.15, -0.1) is 13.2 Å². The highest BCUT2D eigenvalue weighted by Crippen LogP contribution is 2.25. The summed E-state index contributed by atoms with van der Waals surface area (Å²) in [6, 6.07) is 3.04. The summed E-state index contributed by atoms with van der Waals surface area (Å²) in [6.45, 7) is 0. The van der Waals surface area contributed by atoms with Gasteiger partial charge in [0.25, 0.3) is 0 Å². The molecule has 1 aromatic carbocycles. The lowest BCUT2D eigenvalue weighted by Gasteiger charge is -2.11. The van der Waals surface area contributed by atoms with Crippen LogP contribution in [-0.4, -0.2) is 30.6 Å². The van der Waals surface area contributed by atoms with Gasteiger partial charge in [0.1, 0.15) is 11.5 Å². The zero-order valence-corrected chi connectivity index (χ0v) is 8.15. The van der Waals surface area contributed by atoms with E-state index in [0.717, 1.165) is 12.1 Å². The summed E-state index contributed by atoms with van der Waals surface area (Å²) in [4.78, 5) is 0. The van der Waals surface area contributed by atoms with Crippen molar-refractivity contribution in [3.8, 4) is 11.5 Å². The molecule has 16 heavy (non-hydrogen) atoms. The van der Waals surface area contributed by atoms with Crippen molar-refractivity contribution in [1.82, 2.24) is 0 Å². The summed E-state index contributed by atoms with van der Waals surface area (Å²) in [5.41, 5.74) is -0.154. The lowest BCUT2D eigenvalue weighted by molar-refractivity contribution is -0.274. The van der Waals surface area contributed by atoms with Crippen LogP contribution >= 0.6 is 0 Å². The molecule has 1 rings (SSSR count). The van der Waals surface area contributed by atoms with Gasteiger partial charge in [-0.1, -0.05) is 0 Å². The Morgan fingerprint density at radius 3 is 2.12 bits per heavy atom. The molecule has 88 valence electrons. The first-order valence-corrected chi connectivity index (χ1v) is 4.12. The first-order valence-electron chi connectivity index (χ1n) is 4.12. The van der Waals surface area contributed by atoms with E-state index in [2.05, 4.69) is 4.74 Å². The molecule has 0 saturated heterocycles. The van der Waals surface area contributed by atoms with Gasteiger partial charge in [0, 0.05) is 6.07 Å². The molecule has 0 aliphatic rings. The van der Waals surface area contributed by atoms with Crippen LogP contribution in [-0.2, 0) is 0 Å². The number of methoxy groups -OCH3 is 1. The van der Waals surface area contributed by atoms with Crippen molar-refractivity contribution >= 4 is 12.6 Å². The van der Waals surface area contributed by atoms with Gasteiger partial charge in [0.2, 0.25) is 0 Å². The van der Waals surface area contributed by atoms with Crippen LogP contribution in [0.15, 0.2) is 18.2 Å². The number of halogens is 3. The smallest absolute Gasteiger partial charge is 0.497 e. The molecule has 2 N–H and O–H groups in total. The minimum atomic E-state index is -4.84. The number of benzene rings is 1. The Morgan fingerprint density at radius 1 is 1.12 bits per heavy atom. The zero-order chi connectivity index (χ0) is 12.3. The van der Waals surface area contributed by atoms with E-state index in [4.69, 9.17) is 14.8 Å². The van der Waals surface area contributed by atoms with Gasteiger partial charge in [-0.25, -0.2) is 0 Å². The predicted molar refractivity (Wildman–Crippen MR) is 49.5 cm³/mol. The Hall–Kier alpha value is -1.41. The topological polar surface area (TPSA) is 58.9 Å². The van der Waals surface area contributed by atoms with Gasteiger partial charge in [-0.2, -0.15) is 0 Å². The second-order valence-corrected chi connectivity index (χ2v) is 2.86. The molecule has 0 unspecified atom stereocenters. The van der Waals surface area contributed by atoms with Crippen LogP contribution in [0.2, 0.25) is 0 Å². The third kappa shape index (κ3) is 3.63. The molecule has 0 aromatic heterocycles. The normalized spacial score (nSPS) is 11.1. The summed E-state index contributed by atoms with van der Waals surface area (Å²) < 4.78 is 44.1. The molecule has 8 heteroatoms. The summed E-state index contributed by atoms with van der Waals surface area (Å²) in [7, 11) is -0.661. The maximum atomic E-state index is 11.9. The van der Waals surface area contributed by atoms with E-state index in [-0.39, 0.29) is 11.2 Å². The summed E-state index contributed by atoms with van der Waals surface area (Å²) in [5.74, 6) is -0.542. The minimum Gasteiger partial charge on any atom is -0.497 e. The Morgan fingerprint density at radius 2 is 1.69 bits per heavy atom. The highest BCUT2D eigenvalue weighted by molar-refractivity contribution is 6.58. The minimum absolute atomic E-state index is 0.0323. The Labute approximate surface area is 89.4 Å². The first-order chi connectivity index (χ1) is 7.31. The third-order valence-electron chi connectivity index (χ3n) is 1.67. The predicted octanol–water partition coefficient (Wildman–Crippen LogP) is 0.274. The van der Waals surface area contributed by atoms with Crippen LogP contribution in [0.25, 0.3) is 0 Å². The summed E-state index contributed by atoms with van der Waals surface area (Å²) >= 11 is 0. The van der Waals surface area contributed by atoms with E-state index >= 15 is 0 Å². The fourth-order valence-corrected chi connectivity index (χ4v) is 1.05. The monoisotopic (exact) mass is 236 g/mol. The van der Waals surface area contributed by atoms with Gasteiger partial charge >= 0.3 is 13.5 Å². The van der Waals surface area contributed by atoms with E-state index in [0.29, 0.717) is 0 Å². The standard InChI is InChI=1S/C8H8BF3O4/c1-15-6-2-5(9(13)14)3-7(4-6)16-8(10,11)12/h2-4,13-14H,1H3. The summed E-state index contributed by atoms with van der Waals surface area (Å²) in [5, 5.41) is 17.7. The van der Waals surface area contributed by atoms with E-state index in [1.54, 1.807) is 0 Å². The van der Waals surface area contributed by atoms with E-state index in [1.165, 1.54) is 13.2 Å². The molecule has 0 saturated carbocycles. The van der Waals surface area contributed by atoms with E-state index in [9.17, 15) is 13.2 Å². The van der Waals surface area contributed by atoms with Gasteiger partial charge in [-0.05, 0) is 17.6 Å². The SMILES string of the molecule is COc1cc(OC(F)(F)F)cc(B(O)O)c1. The van der Waals surface area contributed by atoms with Crippen molar-refractivity contribution in [2.24, 2.45) is 0 Å². The van der Waals surface area contributed by atoms with Crippen molar-refractivity contribution in [1.29, 1.82) is 0 Å². The largest absolute Gasteiger partial charge is 0.573 e. The highest BCUT2D eigenvalue weighted by Gasteiger charge is 2.31. The number of ether oxygens (including phenoxy) is 2. The zero-order valence-electron chi connectivity index (χ0n) is 8.15. The summed E-state index contributed by atoms with van der Waals surface area (Å²) in [6.07, 6.45) is -4.84. The molecule has 1 aromatic rings. The van der Waals surface area contributed by atoms with Gasteiger partial charge in [0.15, 0.2) is 0 Å². The molecule has 4 nitrogen and oxygen atoms in total. The maximum Gasteiger partial charge on any atom is 0.573 e. The first kappa shape index (κ1) is 12.7. The lowest BCUT2D eigenvalue weighted by Crippen LogP contribution is -2.30.